The number of nitrogens with one attached hydrogen (secondary N) is 2. The first kappa shape index (κ1) is 15.4. The zero-order valence-electron chi connectivity index (χ0n) is 12.9. The molecular formula is C17H17ClN4O. The van der Waals surface area contributed by atoms with Gasteiger partial charge in [-0.1, -0.05) is 23.7 Å². The van der Waals surface area contributed by atoms with E-state index in [0.717, 1.165) is 17.0 Å². The van der Waals surface area contributed by atoms with Gasteiger partial charge in [-0.25, -0.2) is 0 Å². The van der Waals surface area contributed by atoms with Crippen LogP contribution in [-0.2, 0) is 7.05 Å². The average molecular weight is 329 g/mol. The Morgan fingerprint density at radius 3 is 2.57 bits per heavy atom. The van der Waals surface area contributed by atoms with Gasteiger partial charge in [0.1, 0.15) is 0 Å². The first-order valence-corrected chi connectivity index (χ1v) is 7.62. The van der Waals surface area contributed by atoms with Crippen molar-refractivity contribution in [2.45, 2.75) is 13.0 Å². The molecule has 3 aromatic rings. The molecule has 5 nitrogen and oxygen atoms in total. The summed E-state index contributed by atoms with van der Waals surface area (Å²) in [5.74, 6) is -0.144. The third kappa shape index (κ3) is 3.29. The molecule has 0 aliphatic carbocycles. The van der Waals surface area contributed by atoms with Gasteiger partial charge in [-0.15, -0.1) is 0 Å². The van der Waals surface area contributed by atoms with Crippen molar-refractivity contribution in [1.82, 2.24) is 20.1 Å². The predicted octanol–water partition coefficient (Wildman–Crippen LogP) is 3.23. The molecule has 1 aromatic carbocycles. The summed E-state index contributed by atoms with van der Waals surface area (Å²) in [5.41, 5.74) is 3.16. The van der Waals surface area contributed by atoms with E-state index in [0.29, 0.717) is 10.6 Å². The Morgan fingerprint density at radius 1 is 1.26 bits per heavy atom. The maximum absolute atomic E-state index is 12.6. The van der Waals surface area contributed by atoms with Crippen LogP contribution in [0, 0.1) is 6.92 Å². The molecule has 0 spiro atoms. The fourth-order valence-corrected chi connectivity index (χ4v) is 2.60. The highest BCUT2D eigenvalue weighted by molar-refractivity contribution is 6.30. The largest absolute Gasteiger partial charge is 0.365 e. The van der Waals surface area contributed by atoms with E-state index in [4.69, 9.17) is 11.6 Å². The molecule has 1 amide bonds. The number of halogens is 1. The van der Waals surface area contributed by atoms with Crippen molar-refractivity contribution in [3.8, 4) is 0 Å². The van der Waals surface area contributed by atoms with Crippen LogP contribution in [0.4, 0.5) is 0 Å². The van der Waals surface area contributed by atoms with Crippen LogP contribution in [0.15, 0.2) is 48.8 Å². The molecule has 0 radical (unpaired) electrons. The van der Waals surface area contributed by atoms with Crippen molar-refractivity contribution in [3.05, 3.63) is 76.3 Å². The number of amides is 1. The maximum Gasteiger partial charge on any atom is 0.253 e. The molecule has 0 aliphatic heterocycles. The number of hydrogen-bond acceptors (Lipinski definition) is 2. The van der Waals surface area contributed by atoms with Crippen LogP contribution in [0.1, 0.15) is 33.4 Å². The first-order valence-electron chi connectivity index (χ1n) is 7.24. The molecule has 2 heterocycles. The quantitative estimate of drug-likeness (QED) is 0.772. The Morgan fingerprint density at radius 2 is 2.00 bits per heavy atom. The highest BCUT2D eigenvalue weighted by atomic mass is 35.5. The number of carbonyl (C=O) groups is 1. The molecule has 6 heteroatoms. The lowest BCUT2D eigenvalue weighted by molar-refractivity contribution is 0.0941. The summed E-state index contributed by atoms with van der Waals surface area (Å²) < 4.78 is 1.71. The van der Waals surface area contributed by atoms with Crippen LogP contribution in [0.3, 0.4) is 0 Å². The minimum absolute atomic E-state index is 0.144. The second kappa shape index (κ2) is 6.30. The van der Waals surface area contributed by atoms with E-state index < -0.39 is 0 Å². The summed E-state index contributed by atoms with van der Waals surface area (Å²) >= 11 is 5.96. The lowest BCUT2D eigenvalue weighted by Gasteiger charge is -2.17. The van der Waals surface area contributed by atoms with E-state index in [-0.39, 0.29) is 11.9 Å². The number of aryl methyl sites for hydroxylation is 2. The number of hydrogen-bond donors (Lipinski definition) is 2. The second-order valence-electron chi connectivity index (χ2n) is 5.39. The minimum atomic E-state index is -0.338. The lowest BCUT2D eigenvalue weighted by Crippen LogP contribution is -2.30. The van der Waals surface area contributed by atoms with Gasteiger partial charge in [0.25, 0.3) is 5.91 Å². The Kier molecular flexibility index (Phi) is 4.21. The number of benzene rings is 1. The molecule has 2 aromatic heterocycles. The number of aromatic nitrogens is 3. The van der Waals surface area contributed by atoms with Crippen molar-refractivity contribution in [3.63, 3.8) is 0 Å². The Bertz CT molecular complexity index is 819. The zero-order valence-corrected chi connectivity index (χ0v) is 13.6. The number of aromatic amines is 1. The Labute approximate surface area is 139 Å². The minimum Gasteiger partial charge on any atom is -0.365 e. The molecular weight excluding hydrogens is 312 g/mol. The van der Waals surface area contributed by atoms with Gasteiger partial charge in [-0.2, -0.15) is 5.10 Å². The van der Waals surface area contributed by atoms with Crippen LogP contribution in [-0.4, -0.2) is 20.7 Å². The Hall–Kier alpha value is -2.53. The molecule has 0 unspecified atom stereocenters. The smallest absolute Gasteiger partial charge is 0.253 e. The normalized spacial score (nSPS) is 12.1. The topological polar surface area (TPSA) is 62.7 Å². The molecule has 3 rings (SSSR count). The molecule has 0 saturated carbocycles. The zero-order chi connectivity index (χ0) is 16.4. The summed E-state index contributed by atoms with van der Waals surface area (Å²) in [6.45, 7) is 1.87. The third-order valence-corrected chi connectivity index (χ3v) is 3.96. The fourth-order valence-electron chi connectivity index (χ4n) is 2.48. The average Bonchev–Trinajstić information content (AvgIpc) is 3.14. The van der Waals surface area contributed by atoms with Crippen molar-refractivity contribution in [2.75, 3.05) is 0 Å². The predicted molar refractivity (Wildman–Crippen MR) is 89.5 cm³/mol. The standard InChI is InChI=1S/C17H17ClN4O/c1-11-14(7-9-19-11)17(23)20-16(15-8-10-22(2)21-15)12-3-5-13(18)6-4-12/h3-10,16,19H,1-2H3,(H,20,23)/t16-/m1/s1. The van der Waals surface area contributed by atoms with Crippen molar-refractivity contribution >= 4 is 17.5 Å². The van der Waals surface area contributed by atoms with Crippen molar-refractivity contribution < 1.29 is 4.79 Å². The van der Waals surface area contributed by atoms with Crippen LogP contribution < -0.4 is 5.32 Å². The van der Waals surface area contributed by atoms with E-state index in [1.54, 1.807) is 29.1 Å². The van der Waals surface area contributed by atoms with Crippen LogP contribution in [0.2, 0.25) is 5.02 Å². The monoisotopic (exact) mass is 328 g/mol. The molecule has 0 bridgehead atoms. The van der Waals surface area contributed by atoms with E-state index in [2.05, 4.69) is 15.4 Å². The van der Waals surface area contributed by atoms with Gasteiger partial charge in [0, 0.05) is 30.2 Å². The summed E-state index contributed by atoms with van der Waals surface area (Å²) in [5, 5.41) is 8.13. The maximum atomic E-state index is 12.6. The molecule has 0 fully saturated rings. The molecule has 2 N–H and O–H groups in total. The van der Waals surface area contributed by atoms with Gasteiger partial charge in [-0.05, 0) is 36.8 Å². The van der Waals surface area contributed by atoms with Crippen molar-refractivity contribution in [1.29, 1.82) is 0 Å². The molecule has 1 atom stereocenters. The number of rotatable bonds is 4. The second-order valence-corrected chi connectivity index (χ2v) is 5.83. The van der Waals surface area contributed by atoms with Crippen molar-refractivity contribution in [2.24, 2.45) is 7.05 Å². The van der Waals surface area contributed by atoms with Gasteiger partial charge in [0.05, 0.1) is 17.3 Å². The lowest BCUT2D eigenvalue weighted by atomic mass is 10.0. The number of nitrogens with zero attached hydrogens (tertiary/aromatic N) is 2. The van der Waals surface area contributed by atoms with Gasteiger partial charge in [0.2, 0.25) is 0 Å². The molecule has 0 saturated heterocycles. The summed E-state index contributed by atoms with van der Waals surface area (Å²) in [4.78, 5) is 15.6. The van der Waals surface area contributed by atoms with E-state index in [9.17, 15) is 4.79 Å². The molecule has 0 aliphatic rings. The first-order chi connectivity index (χ1) is 11.0. The van der Waals surface area contributed by atoms with Crippen LogP contribution in [0.25, 0.3) is 0 Å². The number of H-pyrrole nitrogens is 1. The van der Waals surface area contributed by atoms with Gasteiger partial charge >= 0.3 is 0 Å². The summed E-state index contributed by atoms with van der Waals surface area (Å²) in [7, 11) is 1.85. The third-order valence-electron chi connectivity index (χ3n) is 3.71. The highest BCUT2D eigenvalue weighted by Crippen LogP contribution is 2.23. The van der Waals surface area contributed by atoms with Gasteiger partial charge in [-0.3, -0.25) is 9.48 Å². The van der Waals surface area contributed by atoms with E-state index >= 15 is 0 Å². The summed E-state index contributed by atoms with van der Waals surface area (Å²) in [6, 6.07) is 10.7. The van der Waals surface area contributed by atoms with E-state index in [1.165, 1.54) is 0 Å². The van der Waals surface area contributed by atoms with Crippen LogP contribution in [0.5, 0.6) is 0 Å². The van der Waals surface area contributed by atoms with Gasteiger partial charge < -0.3 is 10.3 Å². The highest BCUT2D eigenvalue weighted by Gasteiger charge is 2.21. The summed E-state index contributed by atoms with van der Waals surface area (Å²) in [6.07, 6.45) is 3.61. The SMILES string of the molecule is Cc1[nH]ccc1C(=O)N[C@H](c1ccc(Cl)cc1)c1ccn(C)n1. The number of carbonyl (C=O) groups excluding carboxylic acids is 1. The van der Waals surface area contributed by atoms with E-state index in [1.807, 2.05) is 38.4 Å². The molecule has 118 valence electrons. The molecule has 23 heavy (non-hydrogen) atoms. The van der Waals surface area contributed by atoms with Gasteiger partial charge in [0.15, 0.2) is 0 Å². The fraction of sp³-hybridized carbons (Fsp3) is 0.176. The Balaban J connectivity index is 1.94. The van der Waals surface area contributed by atoms with Crippen LogP contribution >= 0.6 is 11.6 Å².